The summed E-state index contributed by atoms with van der Waals surface area (Å²) in [5, 5.41) is 6.57. The van der Waals surface area contributed by atoms with E-state index < -0.39 is 0 Å². The Kier molecular flexibility index (Phi) is 7.00. The number of aromatic nitrogens is 2. The van der Waals surface area contributed by atoms with E-state index in [4.69, 9.17) is 0 Å². The average Bonchev–Trinajstić information content (AvgIpc) is 2.74. The zero-order chi connectivity index (χ0) is 14.1. The largest absolute Gasteiger partial charge is 0.357 e. The lowest BCUT2D eigenvalue weighted by Crippen LogP contribution is -2.41. The first-order valence-electron chi connectivity index (χ1n) is 7.16. The van der Waals surface area contributed by atoms with E-state index in [0.717, 1.165) is 44.3 Å². The Morgan fingerprint density at radius 2 is 2.21 bits per heavy atom. The maximum absolute atomic E-state index is 4.56. The highest BCUT2D eigenvalue weighted by Gasteiger charge is 1.99. The van der Waals surface area contributed by atoms with E-state index in [2.05, 4.69) is 45.9 Å². The number of nitrogens with one attached hydrogen (secondary N) is 2. The summed E-state index contributed by atoms with van der Waals surface area (Å²) >= 11 is 0. The number of rotatable bonds is 7. The highest BCUT2D eigenvalue weighted by Crippen LogP contribution is 2.00. The lowest BCUT2D eigenvalue weighted by molar-refractivity contribution is 0.599. The van der Waals surface area contributed by atoms with Gasteiger partial charge in [0.1, 0.15) is 5.82 Å². The minimum Gasteiger partial charge on any atom is -0.357 e. The molecule has 0 saturated heterocycles. The molecule has 1 heterocycles. The summed E-state index contributed by atoms with van der Waals surface area (Å²) in [4.78, 5) is 8.78. The molecule has 0 amide bonds. The van der Waals surface area contributed by atoms with Gasteiger partial charge >= 0.3 is 0 Å². The van der Waals surface area contributed by atoms with E-state index in [0.29, 0.717) is 6.04 Å². The molecular weight excluding hydrogens is 238 g/mol. The fourth-order valence-corrected chi connectivity index (χ4v) is 1.82. The first-order valence-corrected chi connectivity index (χ1v) is 7.16. The van der Waals surface area contributed by atoms with Crippen molar-refractivity contribution in [3.05, 3.63) is 18.2 Å². The number of aliphatic imine (C=N–C) groups is 1. The van der Waals surface area contributed by atoms with Crippen LogP contribution in [-0.2, 0) is 6.54 Å². The molecule has 0 radical (unpaired) electrons. The quantitative estimate of drug-likeness (QED) is 0.450. The standard InChI is InChI=1S/C14H27N5/c1-5-15-14(18-12(2)3)17-8-6-7-10-19-11-9-16-13(19)4/h9,11-12H,5-8,10H2,1-4H3,(H2,15,17,18). The van der Waals surface area contributed by atoms with E-state index >= 15 is 0 Å². The van der Waals surface area contributed by atoms with Gasteiger partial charge in [0.15, 0.2) is 5.96 Å². The molecule has 5 nitrogen and oxygen atoms in total. The molecule has 1 aromatic rings. The molecule has 0 saturated carbocycles. The molecule has 1 rings (SSSR count). The van der Waals surface area contributed by atoms with Gasteiger partial charge in [-0.2, -0.15) is 0 Å². The number of hydrogen-bond acceptors (Lipinski definition) is 2. The van der Waals surface area contributed by atoms with Crippen LogP contribution < -0.4 is 10.6 Å². The Bertz CT molecular complexity index is 381. The highest BCUT2D eigenvalue weighted by molar-refractivity contribution is 5.79. The SMILES string of the molecule is CCNC(=NCCCCn1ccnc1C)NC(C)C. The van der Waals surface area contributed by atoms with Crippen LogP contribution in [0.2, 0.25) is 0 Å². The van der Waals surface area contributed by atoms with Gasteiger partial charge in [-0.05, 0) is 40.5 Å². The van der Waals surface area contributed by atoms with Gasteiger partial charge in [0.05, 0.1) is 0 Å². The maximum Gasteiger partial charge on any atom is 0.191 e. The van der Waals surface area contributed by atoms with Crippen LogP contribution in [0.5, 0.6) is 0 Å². The average molecular weight is 265 g/mol. The third-order valence-corrected chi connectivity index (χ3v) is 2.77. The molecule has 5 heteroatoms. The summed E-state index contributed by atoms with van der Waals surface area (Å²) in [5.74, 6) is 2.00. The maximum atomic E-state index is 4.56. The molecule has 0 unspecified atom stereocenters. The van der Waals surface area contributed by atoms with Crippen LogP contribution >= 0.6 is 0 Å². The number of nitrogens with zero attached hydrogens (tertiary/aromatic N) is 3. The van der Waals surface area contributed by atoms with Gasteiger partial charge < -0.3 is 15.2 Å². The molecule has 0 aliphatic rings. The molecule has 0 aromatic carbocycles. The lowest BCUT2D eigenvalue weighted by atomic mass is 10.3. The molecular formula is C14H27N5. The van der Waals surface area contributed by atoms with Gasteiger partial charge in [-0.3, -0.25) is 4.99 Å². The number of imidazole rings is 1. The summed E-state index contributed by atoms with van der Waals surface area (Å²) < 4.78 is 2.18. The van der Waals surface area contributed by atoms with Crippen molar-refractivity contribution in [1.82, 2.24) is 20.2 Å². The van der Waals surface area contributed by atoms with E-state index in [1.807, 2.05) is 19.3 Å². The Hall–Kier alpha value is -1.52. The lowest BCUT2D eigenvalue weighted by Gasteiger charge is -2.13. The summed E-state index contributed by atoms with van der Waals surface area (Å²) in [6, 6.07) is 0.409. The van der Waals surface area contributed by atoms with Crippen molar-refractivity contribution in [2.24, 2.45) is 4.99 Å². The van der Waals surface area contributed by atoms with Crippen LogP contribution in [0.15, 0.2) is 17.4 Å². The second-order valence-corrected chi connectivity index (χ2v) is 4.93. The van der Waals surface area contributed by atoms with Gasteiger partial charge in [-0.1, -0.05) is 0 Å². The van der Waals surface area contributed by atoms with Crippen LogP contribution in [0.1, 0.15) is 39.4 Å². The zero-order valence-corrected chi connectivity index (χ0v) is 12.6. The normalized spacial score (nSPS) is 11.9. The Balaban J connectivity index is 2.25. The number of guanidine groups is 1. The molecule has 0 fully saturated rings. The first-order chi connectivity index (χ1) is 9.13. The molecule has 108 valence electrons. The molecule has 0 aliphatic carbocycles. The van der Waals surface area contributed by atoms with E-state index in [-0.39, 0.29) is 0 Å². The predicted octanol–water partition coefficient (Wildman–Crippen LogP) is 1.94. The van der Waals surface area contributed by atoms with Gasteiger partial charge in [-0.15, -0.1) is 0 Å². The van der Waals surface area contributed by atoms with Crippen LogP contribution in [0, 0.1) is 6.92 Å². The van der Waals surface area contributed by atoms with Gasteiger partial charge in [0.2, 0.25) is 0 Å². The number of aryl methyl sites for hydroxylation is 2. The smallest absolute Gasteiger partial charge is 0.191 e. The number of hydrogen-bond donors (Lipinski definition) is 2. The van der Waals surface area contributed by atoms with Crippen LogP contribution in [0.3, 0.4) is 0 Å². The zero-order valence-electron chi connectivity index (χ0n) is 12.6. The molecule has 19 heavy (non-hydrogen) atoms. The fraction of sp³-hybridized carbons (Fsp3) is 0.714. The Labute approximate surface area is 116 Å². The van der Waals surface area contributed by atoms with E-state index in [9.17, 15) is 0 Å². The Morgan fingerprint density at radius 1 is 1.42 bits per heavy atom. The van der Waals surface area contributed by atoms with Crippen molar-refractivity contribution in [3.63, 3.8) is 0 Å². The molecule has 0 aliphatic heterocycles. The first kappa shape index (κ1) is 15.5. The number of unbranched alkanes of at least 4 members (excludes halogenated alkanes) is 1. The summed E-state index contributed by atoms with van der Waals surface area (Å²) in [6.45, 7) is 11.1. The summed E-state index contributed by atoms with van der Waals surface area (Å²) in [5.41, 5.74) is 0. The summed E-state index contributed by atoms with van der Waals surface area (Å²) in [7, 11) is 0. The van der Waals surface area contributed by atoms with Crippen LogP contribution in [0.4, 0.5) is 0 Å². The van der Waals surface area contributed by atoms with Gasteiger partial charge in [-0.25, -0.2) is 4.98 Å². The van der Waals surface area contributed by atoms with Crippen molar-refractivity contribution in [2.75, 3.05) is 13.1 Å². The monoisotopic (exact) mass is 265 g/mol. The Morgan fingerprint density at radius 3 is 2.79 bits per heavy atom. The topological polar surface area (TPSA) is 54.2 Å². The van der Waals surface area contributed by atoms with Crippen LogP contribution in [-0.4, -0.2) is 34.6 Å². The third kappa shape index (κ3) is 6.27. The van der Waals surface area contributed by atoms with Crippen molar-refractivity contribution < 1.29 is 0 Å². The second kappa shape index (κ2) is 8.56. The van der Waals surface area contributed by atoms with Crippen LogP contribution in [0.25, 0.3) is 0 Å². The molecule has 2 N–H and O–H groups in total. The van der Waals surface area contributed by atoms with Gasteiger partial charge in [0.25, 0.3) is 0 Å². The van der Waals surface area contributed by atoms with Crippen molar-refractivity contribution in [1.29, 1.82) is 0 Å². The van der Waals surface area contributed by atoms with E-state index in [1.165, 1.54) is 0 Å². The molecule has 0 bridgehead atoms. The molecule has 0 atom stereocenters. The highest BCUT2D eigenvalue weighted by atomic mass is 15.2. The minimum absolute atomic E-state index is 0.409. The predicted molar refractivity (Wildman–Crippen MR) is 80.4 cm³/mol. The third-order valence-electron chi connectivity index (χ3n) is 2.77. The van der Waals surface area contributed by atoms with Crippen molar-refractivity contribution in [2.45, 2.75) is 53.1 Å². The molecule has 0 spiro atoms. The van der Waals surface area contributed by atoms with Crippen molar-refractivity contribution in [3.8, 4) is 0 Å². The fourth-order valence-electron chi connectivity index (χ4n) is 1.82. The second-order valence-electron chi connectivity index (χ2n) is 4.93. The summed E-state index contributed by atoms with van der Waals surface area (Å²) in [6.07, 6.45) is 6.10. The molecule has 1 aromatic heterocycles. The van der Waals surface area contributed by atoms with Crippen molar-refractivity contribution >= 4 is 5.96 Å². The minimum atomic E-state index is 0.409. The van der Waals surface area contributed by atoms with E-state index in [1.54, 1.807) is 0 Å². The van der Waals surface area contributed by atoms with Gasteiger partial charge in [0, 0.05) is 38.1 Å².